The molecule has 1 unspecified atom stereocenters. The third kappa shape index (κ3) is 4.63. The van der Waals surface area contributed by atoms with Crippen molar-refractivity contribution in [3.63, 3.8) is 0 Å². The Labute approximate surface area is 136 Å². The summed E-state index contributed by atoms with van der Waals surface area (Å²) in [6.07, 6.45) is 7.88. The minimum Gasteiger partial charge on any atom is -1.00 e. The number of hydrogen-bond donors (Lipinski definition) is 1. The first-order valence-corrected chi connectivity index (χ1v) is 6.92. The normalized spacial score (nSPS) is 12.2. The van der Waals surface area contributed by atoms with Crippen molar-refractivity contribution < 1.29 is 21.8 Å². The van der Waals surface area contributed by atoms with Crippen LogP contribution in [0.5, 0.6) is 0 Å². The summed E-state index contributed by atoms with van der Waals surface area (Å²) < 4.78 is 1.88. The van der Waals surface area contributed by atoms with E-state index in [-0.39, 0.29) is 24.4 Å². The third-order valence-electron chi connectivity index (χ3n) is 3.20. The molecule has 1 atom stereocenters. The van der Waals surface area contributed by atoms with Gasteiger partial charge in [-0.25, -0.2) is 5.43 Å². The predicted molar refractivity (Wildman–Crippen MR) is 80.6 cm³/mol. The Morgan fingerprint density at radius 3 is 2.64 bits per heavy atom. The number of nitrogens with zero attached hydrogens (tertiary/aromatic N) is 3. The number of hydrogen-bond acceptors (Lipinski definition) is 3. The Balaban J connectivity index is 0.00000242. The van der Waals surface area contributed by atoms with Gasteiger partial charge in [-0.15, -0.1) is 0 Å². The first-order chi connectivity index (χ1) is 10.2. The number of halogens is 1. The average molecular weight is 319 g/mol. The summed E-state index contributed by atoms with van der Waals surface area (Å²) in [5.74, 6) is -0.128. The van der Waals surface area contributed by atoms with Gasteiger partial charge in [0.15, 0.2) is 12.4 Å². The summed E-state index contributed by atoms with van der Waals surface area (Å²) in [4.78, 5) is 16.3. The Bertz CT molecular complexity index is 617. The molecule has 0 radical (unpaired) electrons. The summed E-state index contributed by atoms with van der Waals surface area (Å²) in [7, 11) is 0. The number of aromatic nitrogens is 2. The summed E-state index contributed by atoms with van der Waals surface area (Å²) in [5.41, 5.74) is 4.24. The molecule has 6 heteroatoms. The highest BCUT2D eigenvalue weighted by Crippen LogP contribution is 2.03. The highest BCUT2D eigenvalue weighted by molar-refractivity contribution is 5.99. The second-order valence-electron chi connectivity index (χ2n) is 4.66. The molecule has 2 rings (SSSR count). The largest absolute Gasteiger partial charge is 1.00 e. The maximum absolute atomic E-state index is 12.3. The first kappa shape index (κ1) is 17.8. The maximum Gasteiger partial charge on any atom is 0.309 e. The van der Waals surface area contributed by atoms with Crippen LogP contribution in [0.3, 0.4) is 0 Å². The van der Waals surface area contributed by atoms with Crippen LogP contribution in [-0.4, -0.2) is 16.6 Å². The van der Waals surface area contributed by atoms with Crippen molar-refractivity contribution in [1.82, 2.24) is 10.4 Å². The van der Waals surface area contributed by atoms with E-state index in [1.54, 1.807) is 12.4 Å². The molecule has 0 aliphatic carbocycles. The van der Waals surface area contributed by atoms with Gasteiger partial charge in [0, 0.05) is 36.5 Å². The molecule has 22 heavy (non-hydrogen) atoms. The molecule has 0 saturated heterocycles. The molecule has 5 nitrogen and oxygen atoms in total. The van der Waals surface area contributed by atoms with Gasteiger partial charge >= 0.3 is 5.91 Å². The van der Waals surface area contributed by atoms with Gasteiger partial charge in [-0.05, 0) is 13.0 Å². The van der Waals surface area contributed by atoms with E-state index in [9.17, 15) is 4.79 Å². The van der Waals surface area contributed by atoms with Crippen LogP contribution >= 0.6 is 0 Å². The first-order valence-electron chi connectivity index (χ1n) is 6.92. The topological polar surface area (TPSA) is 58.2 Å². The van der Waals surface area contributed by atoms with Crippen LogP contribution in [0.4, 0.5) is 0 Å². The van der Waals surface area contributed by atoms with Crippen molar-refractivity contribution >= 4 is 11.6 Å². The molecule has 0 aliphatic rings. The number of pyridine rings is 2. The second kappa shape index (κ2) is 8.89. The van der Waals surface area contributed by atoms with Crippen LogP contribution in [0.2, 0.25) is 0 Å². The molecule has 1 amide bonds. The summed E-state index contributed by atoms with van der Waals surface area (Å²) in [6, 6.07) is 9.20. The molecule has 2 aromatic rings. The fourth-order valence-corrected chi connectivity index (χ4v) is 2.01. The zero-order chi connectivity index (χ0) is 15.1. The Morgan fingerprint density at radius 1 is 1.32 bits per heavy atom. The minimum absolute atomic E-state index is 0. The van der Waals surface area contributed by atoms with E-state index >= 15 is 0 Å². The quantitative estimate of drug-likeness (QED) is 0.431. The van der Waals surface area contributed by atoms with Gasteiger partial charge in [-0.3, -0.25) is 9.78 Å². The van der Waals surface area contributed by atoms with Crippen LogP contribution in [0.25, 0.3) is 0 Å². The van der Waals surface area contributed by atoms with Crippen molar-refractivity contribution in [3.05, 3.63) is 60.7 Å². The van der Waals surface area contributed by atoms with Gasteiger partial charge in [-0.2, -0.15) is 9.67 Å². The number of carbonyl (C=O) groups excluding carboxylic acids is 1. The van der Waals surface area contributed by atoms with Crippen molar-refractivity contribution in [2.24, 2.45) is 5.10 Å². The molecule has 0 bridgehead atoms. The van der Waals surface area contributed by atoms with E-state index in [4.69, 9.17) is 0 Å². The molecular formula is C16H19ClN4O. The van der Waals surface area contributed by atoms with Crippen LogP contribution in [0, 0.1) is 0 Å². The Kier molecular flexibility index (Phi) is 7.19. The van der Waals surface area contributed by atoms with E-state index in [1.165, 1.54) is 0 Å². The molecule has 0 aliphatic heterocycles. The lowest BCUT2D eigenvalue weighted by Gasteiger charge is -2.08. The molecule has 0 fully saturated rings. The Morgan fingerprint density at radius 2 is 2.05 bits per heavy atom. The fraction of sp³-hybridized carbons (Fsp3) is 0.250. The standard InChI is InChI=1S/C16H18N4O.ClH/c1-3-15(20-10-5-4-6-11-20)16(21)19-18-13(2)14-8-7-9-17-12-14;/h4-12,15H,3H2,1-2H3;1H/b18-13-;. The van der Waals surface area contributed by atoms with Gasteiger partial charge in [0.05, 0.1) is 5.71 Å². The zero-order valence-corrected chi connectivity index (χ0v) is 13.4. The summed E-state index contributed by atoms with van der Waals surface area (Å²) in [6.45, 7) is 3.82. The van der Waals surface area contributed by atoms with Crippen molar-refractivity contribution in [2.75, 3.05) is 0 Å². The Hall–Kier alpha value is -2.27. The molecule has 116 valence electrons. The lowest BCUT2D eigenvalue weighted by molar-refractivity contribution is -0.709. The molecule has 0 aromatic carbocycles. The van der Waals surface area contributed by atoms with Crippen LogP contribution in [0.1, 0.15) is 31.9 Å². The molecule has 0 spiro atoms. The number of carbonyl (C=O) groups is 1. The van der Waals surface area contributed by atoms with Gasteiger partial charge in [-0.1, -0.05) is 19.1 Å². The lowest BCUT2D eigenvalue weighted by atomic mass is 10.2. The van der Waals surface area contributed by atoms with E-state index in [1.807, 2.05) is 61.1 Å². The van der Waals surface area contributed by atoms with Gasteiger partial charge < -0.3 is 12.4 Å². The molecule has 2 aromatic heterocycles. The van der Waals surface area contributed by atoms with Crippen molar-refractivity contribution in [3.8, 4) is 0 Å². The number of rotatable bonds is 5. The van der Waals surface area contributed by atoms with Gasteiger partial charge in [0.1, 0.15) is 0 Å². The molecular weight excluding hydrogens is 300 g/mol. The number of nitrogens with one attached hydrogen (secondary N) is 1. The van der Waals surface area contributed by atoms with Gasteiger partial charge in [0.25, 0.3) is 0 Å². The fourth-order valence-electron chi connectivity index (χ4n) is 2.01. The number of hydrazone groups is 1. The van der Waals surface area contributed by atoms with Crippen molar-refractivity contribution in [1.29, 1.82) is 0 Å². The minimum atomic E-state index is -0.267. The van der Waals surface area contributed by atoms with Crippen LogP contribution < -0.4 is 22.4 Å². The zero-order valence-electron chi connectivity index (χ0n) is 12.6. The number of amides is 1. The lowest BCUT2D eigenvalue weighted by Crippen LogP contribution is -3.00. The maximum atomic E-state index is 12.3. The predicted octanol–water partition coefficient (Wildman–Crippen LogP) is -1.14. The average Bonchev–Trinajstić information content (AvgIpc) is 2.55. The summed E-state index contributed by atoms with van der Waals surface area (Å²) >= 11 is 0. The van der Waals surface area contributed by atoms with E-state index in [0.717, 1.165) is 11.3 Å². The van der Waals surface area contributed by atoms with Crippen LogP contribution in [0.15, 0.2) is 60.2 Å². The van der Waals surface area contributed by atoms with Crippen molar-refractivity contribution in [2.45, 2.75) is 26.3 Å². The second-order valence-corrected chi connectivity index (χ2v) is 4.66. The van der Waals surface area contributed by atoms with Gasteiger partial charge in [0.2, 0.25) is 6.04 Å². The van der Waals surface area contributed by atoms with E-state index in [0.29, 0.717) is 6.42 Å². The van der Waals surface area contributed by atoms with Crippen LogP contribution in [-0.2, 0) is 4.79 Å². The molecule has 2 heterocycles. The van der Waals surface area contributed by atoms with E-state index in [2.05, 4.69) is 15.5 Å². The highest BCUT2D eigenvalue weighted by atomic mass is 35.5. The SMILES string of the molecule is CCC(C(=O)N/N=C(/C)c1cccnc1)[n+]1ccccc1.[Cl-]. The van der Waals surface area contributed by atoms with E-state index < -0.39 is 0 Å². The molecule has 1 N–H and O–H groups in total. The third-order valence-corrected chi connectivity index (χ3v) is 3.20. The smallest absolute Gasteiger partial charge is 0.309 e. The highest BCUT2D eigenvalue weighted by Gasteiger charge is 2.24. The molecule has 0 saturated carbocycles. The summed E-state index contributed by atoms with van der Waals surface area (Å²) in [5, 5.41) is 4.15. The monoisotopic (exact) mass is 318 g/mol.